The number of amides is 1. The smallest absolute Gasteiger partial charge is 0.493 e. The normalized spacial score (nSPS) is 17.9. The summed E-state index contributed by atoms with van der Waals surface area (Å²) in [5, 5.41) is 0. The van der Waals surface area contributed by atoms with Crippen LogP contribution >= 0.6 is 0 Å². The van der Waals surface area contributed by atoms with Gasteiger partial charge in [0.05, 0.1) is 19.8 Å². The third-order valence-corrected chi connectivity index (χ3v) is 6.37. The number of carbonyl (C=O) groups is 2. The lowest BCUT2D eigenvalue weighted by atomic mass is 9.92. The molecule has 0 bridgehead atoms. The number of esters is 1. The highest BCUT2D eigenvalue weighted by molar-refractivity contribution is 5.97. The summed E-state index contributed by atoms with van der Waals surface area (Å²) in [6.45, 7) is 1.92. The van der Waals surface area contributed by atoms with E-state index in [9.17, 15) is 22.8 Å². The van der Waals surface area contributed by atoms with Crippen LogP contribution in [0.25, 0.3) is 0 Å². The van der Waals surface area contributed by atoms with Gasteiger partial charge in [0.25, 0.3) is 5.91 Å². The molecule has 2 aromatic carbocycles. The molecule has 1 aliphatic heterocycles. The van der Waals surface area contributed by atoms with Gasteiger partial charge in [-0.25, -0.2) is 4.79 Å². The average Bonchev–Trinajstić information content (AvgIpc) is 3.35. The molecule has 4 rings (SSSR count). The maximum atomic E-state index is 13.4. The second-order valence-electron chi connectivity index (χ2n) is 8.77. The number of methoxy groups -OCH3 is 1. The zero-order valence-corrected chi connectivity index (χ0v) is 20.1. The van der Waals surface area contributed by atoms with E-state index in [2.05, 4.69) is 4.74 Å². The summed E-state index contributed by atoms with van der Waals surface area (Å²) in [4.78, 5) is 27.6. The number of rotatable bonds is 7. The van der Waals surface area contributed by atoms with Crippen LogP contribution < -0.4 is 14.2 Å². The van der Waals surface area contributed by atoms with Crippen LogP contribution in [0.5, 0.6) is 17.2 Å². The van der Waals surface area contributed by atoms with Gasteiger partial charge < -0.3 is 23.8 Å². The van der Waals surface area contributed by atoms with E-state index in [1.165, 1.54) is 17.0 Å². The third kappa shape index (κ3) is 5.85. The van der Waals surface area contributed by atoms with Crippen LogP contribution in [0.2, 0.25) is 0 Å². The van der Waals surface area contributed by atoms with Crippen molar-refractivity contribution in [1.29, 1.82) is 0 Å². The first-order valence-corrected chi connectivity index (χ1v) is 11.9. The van der Waals surface area contributed by atoms with Gasteiger partial charge in [-0.3, -0.25) is 4.79 Å². The Morgan fingerprint density at radius 1 is 1.03 bits per heavy atom. The Kier molecular flexibility index (Phi) is 7.61. The quantitative estimate of drug-likeness (QED) is 0.489. The Bertz CT molecular complexity index is 1100. The van der Waals surface area contributed by atoms with Gasteiger partial charge >= 0.3 is 12.3 Å². The van der Waals surface area contributed by atoms with E-state index in [1.807, 2.05) is 12.1 Å². The zero-order valence-electron chi connectivity index (χ0n) is 20.1. The molecule has 0 aromatic heterocycles. The summed E-state index contributed by atoms with van der Waals surface area (Å²) in [5.74, 6) is -0.363. The molecule has 1 fully saturated rings. The van der Waals surface area contributed by atoms with Crippen molar-refractivity contribution in [2.45, 2.75) is 64.1 Å². The average molecular weight is 508 g/mol. The lowest BCUT2D eigenvalue weighted by Crippen LogP contribution is -2.49. The van der Waals surface area contributed by atoms with Gasteiger partial charge in [-0.1, -0.05) is 0 Å². The van der Waals surface area contributed by atoms with Crippen molar-refractivity contribution in [3.8, 4) is 17.2 Å². The number of hydrogen-bond donors (Lipinski definition) is 0. The van der Waals surface area contributed by atoms with Crippen LogP contribution in [0.3, 0.4) is 0 Å². The standard InChI is InChI=1S/C26H28F3NO6/c1-3-34-25(32)21-12-17-13-22(33-2)23(35-19-6-4-5-7-19)14-18(17)15-30(21)24(31)16-8-10-20(11-9-16)36-26(27,28)29/h8-11,13-14,19,21H,3-7,12,15H2,1-2H3. The maximum Gasteiger partial charge on any atom is 0.573 e. The number of hydrogen-bond acceptors (Lipinski definition) is 6. The highest BCUT2D eigenvalue weighted by Gasteiger charge is 2.37. The fourth-order valence-electron chi connectivity index (χ4n) is 4.66. The minimum atomic E-state index is -4.84. The predicted octanol–water partition coefficient (Wildman–Crippen LogP) is 5.05. The first-order chi connectivity index (χ1) is 17.2. The number of alkyl halides is 3. The molecule has 1 heterocycles. The van der Waals surface area contributed by atoms with Crippen LogP contribution in [0.4, 0.5) is 13.2 Å². The monoisotopic (exact) mass is 507 g/mol. The molecule has 1 unspecified atom stereocenters. The molecule has 36 heavy (non-hydrogen) atoms. The van der Waals surface area contributed by atoms with Crippen molar-refractivity contribution >= 4 is 11.9 Å². The van der Waals surface area contributed by atoms with Crippen molar-refractivity contribution in [2.75, 3.05) is 13.7 Å². The molecule has 7 nitrogen and oxygen atoms in total. The van der Waals surface area contributed by atoms with E-state index in [0.717, 1.165) is 48.9 Å². The van der Waals surface area contributed by atoms with Gasteiger partial charge in [0.2, 0.25) is 0 Å². The van der Waals surface area contributed by atoms with Gasteiger partial charge in [-0.2, -0.15) is 0 Å². The fourth-order valence-corrected chi connectivity index (χ4v) is 4.66. The van der Waals surface area contributed by atoms with Crippen LogP contribution in [-0.4, -0.2) is 49.0 Å². The fraction of sp³-hybridized carbons (Fsp3) is 0.462. The molecular weight excluding hydrogens is 479 g/mol. The number of ether oxygens (including phenoxy) is 4. The van der Waals surface area contributed by atoms with E-state index < -0.39 is 30.0 Å². The molecule has 194 valence electrons. The zero-order chi connectivity index (χ0) is 25.9. The number of carbonyl (C=O) groups excluding carboxylic acids is 2. The minimum absolute atomic E-state index is 0.1000. The number of nitrogens with zero attached hydrogens (tertiary/aromatic N) is 1. The van der Waals surface area contributed by atoms with Crippen molar-refractivity contribution < 1.29 is 41.7 Å². The van der Waals surface area contributed by atoms with Gasteiger partial charge in [-0.15, -0.1) is 13.2 Å². The van der Waals surface area contributed by atoms with Gasteiger partial charge in [0.15, 0.2) is 11.5 Å². The summed E-state index contributed by atoms with van der Waals surface area (Å²) < 4.78 is 58.3. The maximum absolute atomic E-state index is 13.4. The summed E-state index contributed by atoms with van der Waals surface area (Å²) in [5.41, 5.74) is 1.76. The molecule has 2 aliphatic rings. The largest absolute Gasteiger partial charge is 0.573 e. The molecule has 0 N–H and O–H groups in total. The SMILES string of the molecule is CCOC(=O)C1Cc2cc(OC)c(OC3CCCC3)cc2CN1C(=O)c1ccc(OC(F)(F)F)cc1. The van der Waals surface area contributed by atoms with Crippen molar-refractivity contribution in [1.82, 2.24) is 4.90 Å². The topological polar surface area (TPSA) is 74.3 Å². The van der Waals surface area contributed by atoms with Crippen molar-refractivity contribution in [3.63, 3.8) is 0 Å². The molecule has 1 amide bonds. The van der Waals surface area contributed by atoms with E-state index in [1.54, 1.807) is 14.0 Å². The Morgan fingerprint density at radius 3 is 2.31 bits per heavy atom. The summed E-state index contributed by atoms with van der Waals surface area (Å²) in [6.07, 6.45) is -0.398. The van der Waals surface area contributed by atoms with Gasteiger partial charge in [-0.05, 0) is 80.1 Å². The Labute approximate surface area is 207 Å². The minimum Gasteiger partial charge on any atom is -0.493 e. The summed E-state index contributed by atoms with van der Waals surface area (Å²) in [7, 11) is 1.55. The highest BCUT2D eigenvalue weighted by atomic mass is 19.4. The molecule has 2 aromatic rings. The lowest BCUT2D eigenvalue weighted by molar-refractivity contribution is -0.274. The first kappa shape index (κ1) is 25.7. The summed E-state index contributed by atoms with van der Waals surface area (Å²) in [6, 6.07) is 7.38. The Hall–Kier alpha value is -3.43. The predicted molar refractivity (Wildman–Crippen MR) is 123 cm³/mol. The van der Waals surface area contributed by atoms with Crippen LogP contribution in [0.1, 0.15) is 54.1 Å². The first-order valence-electron chi connectivity index (χ1n) is 11.9. The molecule has 0 spiro atoms. The molecule has 0 saturated heterocycles. The second kappa shape index (κ2) is 10.7. The van der Waals surface area contributed by atoms with E-state index in [-0.39, 0.29) is 31.2 Å². The van der Waals surface area contributed by atoms with Crippen LogP contribution in [0.15, 0.2) is 36.4 Å². The third-order valence-electron chi connectivity index (χ3n) is 6.37. The number of benzene rings is 2. The molecular formula is C26H28F3NO6. The molecule has 0 radical (unpaired) electrons. The van der Waals surface area contributed by atoms with E-state index in [4.69, 9.17) is 14.2 Å². The Morgan fingerprint density at radius 2 is 1.69 bits per heavy atom. The van der Waals surface area contributed by atoms with Crippen LogP contribution in [0, 0.1) is 0 Å². The lowest BCUT2D eigenvalue weighted by Gasteiger charge is -2.36. The number of fused-ring (bicyclic) bond motifs is 1. The van der Waals surface area contributed by atoms with Crippen molar-refractivity contribution in [3.05, 3.63) is 53.1 Å². The second-order valence-corrected chi connectivity index (χ2v) is 8.77. The van der Waals surface area contributed by atoms with Crippen molar-refractivity contribution in [2.24, 2.45) is 0 Å². The molecule has 1 aliphatic carbocycles. The van der Waals surface area contributed by atoms with Gasteiger partial charge in [0.1, 0.15) is 11.8 Å². The molecule has 1 atom stereocenters. The van der Waals surface area contributed by atoms with E-state index >= 15 is 0 Å². The Balaban J connectivity index is 1.63. The summed E-state index contributed by atoms with van der Waals surface area (Å²) >= 11 is 0. The molecule has 1 saturated carbocycles. The van der Waals surface area contributed by atoms with Gasteiger partial charge in [0, 0.05) is 18.5 Å². The molecule has 10 heteroatoms. The van der Waals surface area contributed by atoms with Crippen LogP contribution in [-0.2, 0) is 22.5 Å². The number of halogens is 3. The van der Waals surface area contributed by atoms with E-state index in [0.29, 0.717) is 11.5 Å². The highest BCUT2D eigenvalue weighted by Crippen LogP contribution is 2.38.